The van der Waals surface area contributed by atoms with Crippen LogP contribution in [-0.2, 0) is 0 Å². The summed E-state index contributed by atoms with van der Waals surface area (Å²) in [5.41, 5.74) is 6.91. The maximum Gasteiger partial charge on any atom is 0.216 e. The van der Waals surface area contributed by atoms with Crippen molar-refractivity contribution in [3.05, 3.63) is 0 Å². The van der Waals surface area contributed by atoms with Gasteiger partial charge >= 0.3 is 0 Å². The van der Waals surface area contributed by atoms with E-state index in [1.165, 1.54) is 37.8 Å². The fraction of sp³-hybridized carbons (Fsp3) is 0.667. The van der Waals surface area contributed by atoms with Crippen molar-refractivity contribution in [1.29, 1.82) is 0 Å². The van der Waals surface area contributed by atoms with Crippen LogP contribution in [0.1, 0.15) is 39.5 Å². The molecule has 0 atom stereocenters. The van der Waals surface area contributed by atoms with Crippen LogP contribution in [-0.4, -0.2) is 8.07 Å². The average Bonchev–Trinajstić information content (AvgIpc) is 2.32. The molecule has 0 bridgehead atoms. The Balaban J connectivity index is 2.82. The lowest BCUT2D eigenvalue weighted by Gasteiger charge is -2.16. The van der Waals surface area contributed by atoms with Crippen LogP contribution in [0.5, 0.6) is 0 Å². The SMILES string of the molecule is CC#C[Si]1(C#CC)CCCCCC1. The van der Waals surface area contributed by atoms with E-state index < -0.39 is 8.07 Å². The van der Waals surface area contributed by atoms with E-state index >= 15 is 0 Å². The summed E-state index contributed by atoms with van der Waals surface area (Å²) in [6.45, 7) is 3.91. The molecule has 70 valence electrons. The van der Waals surface area contributed by atoms with Gasteiger partial charge in [-0.2, -0.15) is 0 Å². The van der Waals surface area contributed by atoms with Gasteiger partial charge in [-0.15, -0.1) is 22.9 Å². The molecule has 0 radical (unpaired) electrons. The largest absolute Gasteiger partial charge is 0.216 e. The smallest absolute Gasteiger partial charge is 0.116 e. The minimum atomic E-state index is -1.46. The molecule has 13 heavy (non-hydrogen) atoms. The third kappa shape index (κ3) is 2.94. The Kier molecular flexibility index (Phi) is 4.13. The van der Waals surface area contributed by atoms with E-state index in [2.05, 4.69) is 22.9 Å². The van der Waals surface area contributed by atoms with Crippen LogP contribution >= 0.6 is 0 Å². The standard InChI is InChI=1S/C12H18Si/c1-3-9-13(10-4-2)11-7-5-6-8-12-13/h5-8,11-12H2,1-2H3. The van der Waals surface area contributed by atoms with E-state index in [9.17, 15) is 0 Å². The van der Waals surface area contributed by atoms with Crippen molar-refractivity contribution in [2.24, 2.45) is 0 Å². The van der Waals surface area contributed by atoms with Crippen LogP contribution in [0.15, 0.2) is 0 Å². The van der Waals surface area contributed by atoms with Crippen molar-refractivity contribution in [1.82, 2.24) is 0 Å². The molecule has 0 N–H and O–H groups in total. The Labute approximate surface area is 83.1 Å². The zero-order chi connectivity index (χ0) is 9.57. The highest BCUT2D eigenvalue weighted by molar-refractivity contribution is 6.94. The highest BCUT2D eigenvalue weighted by Crippen LogP contribution is 2.26. The summed E-state index contributed by atoms with van der Waals surface area (Å²) in [4.78, 5) is 0. The first-order chi connectivity index (χ1) is 6.33. The van der Waals surface area contributed by atoms with Gasteiger partial charge in [0.15, 0.2) is 0 Å². The first kappa shape index (κ1) is 10.4. The summed E-state index contributed by atoms with van der Waals surface area (Å²) in [5, 5.41) is 0. The second-order valence-corrected chi connectivity index (χ2v) is 7.41. The van der Waals surface area contributed by atoms with Gasteiger partial charge in [0, 0.05) is 0 Å². The third-order valence-electron chi connectivity index (χ3n) is 2.69. The summed E-state index contributed by atoms with van der Waals surface area (Å²) >= 11 is 0. The Morgan fingerprint density at radius 2 is 1.23 bits per heavy atom. The van der Waals surface area contributed by atoms with Crippen molar-refractivity contribution in [3.8, 4) is 22.9 Å². The summed E-state index contributed by atoms with van der Waals surface area (Å²) in [5.74, 6) is 6.20. The molecule has 1 rings (SSSR count). The Morgan fingerprint density at radius 1 is 0.769 bits per heavy atom. The lowest BCUT2D eigenvalue weighted by atomic mass is 10.2. The molecule has 0 aromatic carbocycles. The minimum Gasteiger partial charge on any atom is -0.116 e. The summed E-state index contributed by atoms with van der Waals surface area (Å²) in [7, 11) is -1.46. The zero-order valence-corrected chi connectivity index (χ0v) is 9.74. The Hall–Kier alpha value is -0.663. The monoisotopic (exact) mass is 190 g/mol. The molecule has 0 aromatic rings. The lowest BCUT2D eigenvalue weighted by Crippen LogP contribution is -2.30. The van der Waals surface area contributed by atoms with E-state index in [4.69, 9.17) is 0 Å². The van der Waals surface area contributed by atoms with Crippen molar-refractivity contribution in [2.45, 2.75) is 51.6 Å². The van der Waals surface area contributed by atoms with Crippen molar-refractivity contribution in [3.63, 3.8) is 0 Å². The second kappa shape index (κ2) is 5.15. The Bertz CT molecular complexity index is 239. The molecule has 0 unspecified atom stereocenters. The van der Waals surface area contributed by atoms with Gasteiger partial charge in [-0.1, -0.05) is 25.7 Å². The summed E-state index contributed by atoms with van der Waals surface area (Å²) in [6, 6.07) is 2.63. The molecule has 1 heteroatoms. The minimum absolute atomic E-state index is 1.31. The molecule has 0 amide bonds. The molecular formula is C12H18Si. The van der Waals surface area contributed by atoms with Crippen molar-refractivity contribution >= 4 is 8.07 Å². The van der Waals surface area contributed by atoms with Crippen LogP contribution in [0, 0.1) is 22.9 Å². The van der Waals surface area contributed by atoms with Crippen molar-refractivity contribution < 1.29 is 0 Å². The van der Waals surface area contributed by atoms with Gasteiger partial charge in [-0.05, 0) is 25.9 Å². The summed E-state index contributed by atoms with van der Waals surface area (Å²) in [6.07, 6.45) is 5.50. The summed E-state index contributed by atoms with van der Waals surface area (Å²) < 4.78 is 0. The van der Waals surface area contributed by atoms with Crippen molar-refractivity contribution in [2.75, 3.05) is 0 Å². The van der Waals surface area contributed by atoms with E-state index in [0.29, 0.717) is 0 Å². The van der Waals surface area contributed by atoms with Gasteiger partial charge in [0.25, 0.3) is 0 Å². The van der Waals surface area contributed by atoms with Crippen LogP contribution in [0.3, 0.4) is 0 Å². The van der Waals surface area contributed by atoms with Gasteiger partial charge < -0.3 is 0 Å². The lowest BCUT2D eigenvalue weighted by molar-refractivity contribution is 0.720. The first-order valence-electron chi connectivity index (χ1n) is 5.21. The molecular weight excluding hydrogens is 172 g/mol. The number of rotatable bonds is 0. The van der Waals surface area contributed by atoms with Crippen LogP contribution < -0.4 is 0 Å². The molecule has 1 fully saturated rings. The predicted molar refractivity (Wildman–Crippen MR) is 60.7 cm³/mol. The number of hydrogen-bond acceptors (Lipinski definition) is 0. The van der Waals surface area contributed by atoms with Gasteiger partial charge in [-0.3, -0.25) is 0 Å². The fourth-order valence-electron chi connectivity index (χ4n) is 2.09. The van der Waals surface area contributed by atoms with Crippen LogP contribution in [0.2, 0.25) is 12.1 Å². The quantitative estimate of drug-likeness (QED) is 0.407. The van der Waals surface area contributed by atoms with Gasteiger partial charge in [0.2, 0.25) is 8.07 Å². The predicted octanol–water partition coefficient (Wildman–Crippen LogP) is 3.13. The average molecular weight is 190 g/mol. The molecule has 1 aliphatic rings. The molecule has 0 nitrogen and oxygen atoms in total. The molecule has 0 spiro atoms. The highest BCUT2D eigenvalue weighted by atomic mass is 28.3. The maximum absolute atomic E-state index is 3.45. The molecule has 0 aliphatic carbocycles. The van der Waals surface area contributed by atoms with E-state index in [0.717, 1.165) is 0 Å². The third-order valence-corrected chi connectivity index (χ3v) is 6.56. The zero-order valence-electron chi connectivity index (χ0n) is 8.74. The topological polar surface area (TPSA) is 0 Å². The van der Waals surface area contributed by atoms with Gasteiger partial charge in [0.05, 0.1) is 0 Å². The molecule has 0 saturated carbocycles. The number of hydrogen-bond donors (Lipinski definition) is 0. The van der Waals surface area contributed by atoms with E-state index in [-0.39, 0.29) is 0 Å². The highest BCUT2D eigenvalue weighted by Gasteiger charge is 2.29. The molecule has 0 aromatic heterocycles. The van der Waals surface area contributed by atoms with Crippen LogP contribution in [0.25, 0.3) is 0 Å². The van der Waals surface area contributed by atoms with E-state index in [1.807, 2.05) is 13.8 Å². The molecule has 1 saturated heterocycles. The van der Waals surface area contributed by atoms with E-state index in [1.54, 1.807) is 0 Å². The Morgan fingerprint density at radius 3 is 1.62 bits per heavy atom. The fourth-order valence-corrected chi connectivity index (χ4v) is 5.57. The first-order valence-corrected chi connectivity index (χ1v) is 7.62. The maximum atomic E-state index is 3.45. The second-order valence-electron chi connectivity index (χ2n) is 3.75. The van der Waals surface area contributed by atoms with Crippen LogP contribution in [0.4, 0.5) is 0 Å². The van der Waals surface area contributed by atoms with Gasteiger partial charge in [0.1, 0.15) is 0 Å². The normalized spacial score (nSPS) is 20.2. The molecule has 1 aliphatic heterocycles. The van der Waals surface area contributed by atoms with Gasteiger partial charge in [-0.25, -0.2) is 0 Å². The molecule has 1 heterocycles.